The molecule has 1 atom stereocenters. The topological polar surface area (TPSA) is 82.9 Å². The third-order valence-corrected chi connectivity index (χ3v) is 5.01. The number of imide groups is 1. The molecule has 1 aromatic heterocycles. The highest BCUT2D eigenvalue weighted by Gasteiger charge is 2.52. The fourth-order valence-corrected chi connectivity index (χ4v) is 3.63. The lowest BCUT2D eigenvalue weighted by molar-refractivity contribution is -0.139. The molecule has 1 aromatic carbocycles. The minimum atomic E-state index is -1.34. The van der Waals surface area contributed by atoms with Crippen LogP contribution in [0.5, 0.6) is 0 Å². The van der Waals surface area contributed by atoms with Gasteiger partial charge in [0.1, 0.15) is 17.9 Å². The van der Waals surface area contributed by atoms with Crippen LogP contribution in [0.15, 0.2) is 34.7 Å². The predicted molar refractivity (Wildman–Crippen MR) is 110 cm³/mol. The van der Waals surface area contributed by atoms with Crippen molar-refractivity contribution in [3.05, 3.63) is 36.1 Å². The number of carbonyl (C=O) groups is 3. The Balaban J connectivity index is 1.81. The lowest BCUT2D eigenvalue weighted by Crippen LogP contribution is -2.46. The fraction of sp³-hybridized carbons (Fsp3) is 0.500. The second-order valence-corrected chi connectivity index (χ2v) is 8.68. The quantitative estimate of drug-likeness (QED) is 0.724. The molecule has 1 saturated heterocycles. The van der Waals surface area contributed by atoms with E-state index in [-0.39, 0.29) is 12.5 Å². The van der Waals surface area contributed by atoms with Crippen LogP contribution in [0.4, 0.5) is 4.79 Å². The Morgan fingerprint density at radius 2 is 1.76 bits per heavy atom. The van der Waals surface area contributed by atoms with E-state index in [0.29, 0.717) is 36.3 Å². The van der Waals surface area contributed by atoms with E-state index in [1.54, 1.807) is 24.0 Å². The first-order valence-electron chi connectivity index (χ1n) is 10.0. The van der Waals surface area contributed by atoms with Crippen LogP contribution in [0.3, 0.4) is 0 Å². The van der Waals surface area contributed by atoms with Crippen molar-refractivity contribution in [3.63, 3.8) is 0 Å². The van der Waals surface area contributed by atoms with Gasteiger partial charge in [0.2, 0.25) is 5.91 Å². The maximum absolute atomic E-state index is 13.1. The molecule has 1 aliphatic heterocycles. The molecule has 156 valence electrons. The van der Waals surface area contributed by atoms with Crippen molar-refractivity contribution in [1.29, 1.82) is 0 Å². The zero-order valence-electron chi connectivity index (χ0n) is 17.7. The van der Waals surface area contributed by atoms with Gasteiger partial charge in [-0.2, -0.15) is 0 Å². The monoisotopic (exact) mass is 399 g/mol. The lowest BCUT2D eigenvalue weighted by atomic mass is 9.99. The van der Waals surface area contributed by atoms with Gasteiger partial charge >= 0.3 is 6.03 Å². The van der Waals surface area contributed by atoms with Gasteiger partial charge in [-0.25, -0.2) is 4.79 Å². The van der Waals surface area contributed by atoms with Gasteiger partial charge in [0.05, 0.1) is 0 Å². The predicted octanol–water partition coefficient (Wildman–Crippen LogP) is 3.34. The number of amides is 4. The minimum Gasteiger partial charge on any atom is -0.458 e. The van der Waals surface area contributed by atoms with Gasteiger partial charge in [-0.1, -0.05) is 45.9 Å². The molecular weight excluding hydrogens is 370 g/mol. The molecule has 1 aliphatic rings. The van der Waals surface area contributed by atoms with E-state index in [9.17, 15) is 14.4 Å². The molecule has 2 heterocycles. The molecule has 0 radical (unpaired) electrons. The van der Waals surface area contributed by atoms with E-state index in [1.807, 2.05) is 45.9 Å². The maximum atomic E-state index is 13.1. The molecule has 0 bridgehead atoms. The summed E-state index contributed by atoms with van der Waals surface area (Å²) in [6, 6.07) is 8.57. The second kappa shape index (κ2) is 7.89. The van der Waals surface area contributed by atoms with Crippen molar-refractivity contribution in [1.82, 2.24) is 15.1 Å². The van der Waals surface area contributed by atoms with Gasteiger partial charge in [0.25, 0.3) is 5.91 Å². The van der Waals surface area contributed by atoms with Gasteiger partial charge < -0.3 is 14.6 Å². The SMILES string of the molecule is CC(C)CN(CC(C)C)C(=O)CN1C(=O)N[C@](C)(c2cc3ccccc3o2)C1=O. The van der Waals surface area contributed by atoms with Crippen LogP contribution in [0.2, 0.25) is 0 Å². The largest absolute Gasteiger partial charge is 0.458 e. The first-order chi connectivity index (χ1) is 13.6. The van der Waals surface area contributed by atoms with E-state index in [2.05, 4.69) is 5.32 Å². The van der Waals surface area contributed by atoms with E-state index < -0.39 is 17.5 Å². The van der Waals surface area contributed by atoms with Crippen molar-refractivity contribution in [2.75, 3.05) is 19.6 Å². The number of fused-ring (bicyclic) bond motifs is 1. The number of hydrogen-bond donors (Lipinski definition) is 1. The number of furan rings is 1. The molecule has 0 saturated carbocycles. The minimum absolute atomic E-state index is 0.232. The molecule has 4 amide bonds. The highest BCUT2D eigenvalue weighted by molar-refractivity contribution is 6.09. The van der Waals surface area contributed by atoms with Gasteiger partial charge in [0.15, 0.2) is 5.54 Å². The highest BCUT2D eigenvalue weighted by atomic mass is 16.3. The molecule has 0 spiro atoms. The zero-order chi connectivity index (χ0) is 21.3. The molecular formula is C22H29N3O4. The number of nitrogens with zero attached hydrogens (tertiary/aromatic N) is 2. The van der Waals surface area contributed by atoms with Crippen LogP contribution in [0.25, 0.3) is 11.0 Å². The van der Waals surface area contributed by atoms with Crippen molar-refractivity contribution >= 4 is 28.8 Å². The van der Waals surface area contributed by atoms with Crippen LogP contribution < -0.4 is 5.32 Å². The molecule has 2 aromatic rings. The number of nitrogens with one attached hydrogen (secondary N) is 1. The van der Waals surface area contributed by atoms with Gasteiger partial charge in [0, 0.05) is 18.5 Å². The fourth-order valence-electron chi connectivity index (χ4n) is 3.63. The number of hydrogen-bond acceptors (Lipinski definition) is 4. The van der Waals surface area contributed by atoms with Crippen LogP contribution >= 0.6 is 0 Å². The summed E-state index contributed by atoms with van der Waals surface area (Å²) < 4.78 is 5.82. The second-order valence-electron chi connectivity index (χ2n) is 8.68. The summed E-state index contributed by atoms with van der Waals surface area (Å²) in [7, 11) is 0. The molecule has 29 heavy (non-hydrogen) atoms. The molecule has 3 rings (SSSR count). The number of para-hydroxylation sites is 1. The summed E-state index contributed by atoms with van der Waals surface area (Å²) in [6.07, 6.45) is 0. The zero-order valence-corrected chi connectivity index (χ0v) is 17.7. The van der Waals surface area contributed by atoms with E-state index in [4.69, 9.17) is 4.42 Å². The van der Waals surface area contributed by atoms with Crippen LogP contribution in [0.1, 0.15) is 40.4 Å². The summed E-state index contributed by atoms with van der Waals surface area (Å²) in [6.45, 7) is 10.6. The van der Waals surface area contributed by atoms with E-state index >= 15 is 0 Å². The Hall–Kier alpha value is -2.83. The normalized spacial score (nSPS) is 19.5. The molecule has 7 nitrogen and oxygen atoms in total. The van der Waals surface area contributed by atoms with E-state index in [0.717, 1.165) is 10.3 Å². The van der Waals surface area contributed by atoms with Crippen molar-refractivity contribution < 1.29 is 18.8 Å². The highest BCUT2D eigenvalue weighted by Crippen LogP contribution is 2.33. The van der Waals surface area contributed by atoms with Crippen LogP contribution in [-0.4, -0.2) is 47.3 Å². The first kappa shape index (κ1) is 20.9. The Morgan fingerprint density at radius 1 is 1.14 bits per heavy atom. The third kappa shape index (κ3) is 4.13. The summed E-state index contributed by atoms with van der Waals surface area (Å²) in [5.74, 6) is 0.227. The Labute approximate surface area is 171 Å². The number of urea groups is 1. The molecule has 0 unspecified atom stereocenters. The van der Waals surface area contributed by atoms with Crippen molar-refractivity contribution in [2.45, 2.75) is 40.2 Å². The standard InChI is InChI=1S/C22H29N3O4/c1-14(2)11-24(12-15(3)4)19(26)13-25-20(27)22(5,23-21(25)28)18-10-16-8-6-7-9-17(16)29-18/h6-10,14-15H,11-13H2,1-5H3,(H,23,28)/t22-/m1/s1. The van der Waals surface area contributed by atoms with Crippen molar-refractivity contribution in [2.24, 2.45) is 11.8 Å². The van der Waals surface area contributed by atoms with Gasteiger partial charge in [-0.05, 0) is 30.9 Å². The lowest BCUT2D eigenvalue weighted by Gasteiger charge is -2.28. The van der Waals surface area contributed by atoms with Crippen LogP contribution in [0, 0.1) is 11.8 Å². The summed E-state index contributed by atoms with van der Waals surface area (Å²) >= 11 is 0. The first-order valence-corrected chi connectivity index (χ1v) is 10.0. The van der Waals surface area contributed by atoms with Crippen LogP contribution in [-0.2, 0) is 15.1 Å². The average molecular weight is 399 g/mol. The summed E-state index contributed by atoms with van der Waals surface area (Å²) in [5.41, 5.74) is -0.697. The summed E-state index contributed by atoms with van der Waals surface area (Å²) in [4.78, 5) is 41.3. The number of rotatable bonds is 7. The number of benzene rings is 1. The van der Waals surface area contributed by atoms with Crippen molar-refractivity contribution in [3.8, 4) is 0 Å². The third-order valence-electron chi connectivity index (χ3n) is 5.01. The van der Waals surface area contributed by atoms with Gasteiger partial charge in [-0.3, -0.25) is 14.5 Å². The molecule has 1 N–H and O–H groups in total. The average Bonchev–Trinajstić information content (AvgIpc) is 3.16. The molecule has 0 aliphatic carbocycles. The smallest absolute Gasteiger partial charge is 0.325 e. The van der Waals surface area contributed by atoms with Gasteiger partial charge in [-0.15, -0.1) is 0 Å². The Bertz CT molecular complexity index is 890. The summed E-state index contributed by atoms with van der Waals surface area (Å²) in [5, 5.41) is 3.55. The number of carbonyl (C=O) groups excluding carboxylic acids is 3. The Morgan fingerprint density at radius 3 is 2.34 bits per heavy atom. The molecule has 7 heteroatoms. The molecule has 1 fully saturated rings. The maximum Gasteiger partial charge on any atom is 0.325 e. The van der Waals surface area contributed by atoms with E-state index in [1.165, 1.54) is 0 Å². The Kier molecular flexibility index (Phi) is 5.68.